The first-order chi connectivity index (χ1) is 9.04. The van der Waals surface area contributed by atoms with Gasteiger partial charge in [0.05, 0.1) is 12.6 Å². The lowest BCUT2D eigenvalue weighted by atomic mass is 10.1. The first-order valence-electron chi connectivity index (χ1n) is 6.11. The maximum absolute atomic E-state index is 13.3. The van der Waals surface area contributed by atoms with Crippen LogP contribution in [0.15, 0.2) is 41.9 Å². The van der Waals surface area contributed by atoms with Crippen LogP contribution in [-0.4, -0.2) is 38.0 Å². The summed E-state index contributed by atoms with van der Waals surface area (Å²) in [7, 11) is 3.86. The van der Waals surface area contributed by atoms with E-state index in [0.29, 0.717) is 19.0 Å². The van der Waals surface area contributed by atoms with Crippen LogP contribution in [0.2, 0.25) is 0 Å². The Morgan fingerprint density at radius 3 is 2.89 bits per heavy atom. The molecule has 1 aromatic carbocycles. The maximum Gasteiger partial charge on any atom is 0.188 e. The van der Waals surface area contributed by atoms with E-state index >= 15 is 0 Å². The number of guanidine groups is 1. The molecule has 0 aliphatic carbocycles. The van der Waals surface area contributed by atoms with Gasteiger partial charge in [-0.1, -0.05) is 18.2 Å². The Hall–Kier alpha value is -1.88. The molecule has 104 valence electrons. The summed E-state index contributed by atoms with van der Waals surface area (Å²) in [6.45, 7) is 4.63. The number of benzene rings is 1. The predicted octanol–water partition coefficient (Wildman–Crippen LogP) is 1.52. The summed E-state index contributed by atoms with van der Waals surface area (Å²) in [5.41, 5.74) is 6.59. The molecule has 5 heteroatoms. The number of rotatable bonds is 6. The topological polar surface area (TPSA) is 53.6 Å². The molecule has 0 radical (unpaired) electrons. The molecule has 1 atom stereocenters. The van der Waals surface area contributed by atoms with Gasteiger partial charge >= 0.3 is 0 Å². The van der Waals surface area contributed by atoms with Crippen LogP contribution in [0.4, 0.5) is 4.39 Å². The van der Waals surface area contributed by atoms with Crippen LogP contribution in [0.5, 0.6) is 0 Å². The summed E-state index contributed by atoms with van der Waals surface area (Å²) in [6, 6.07) is 6.52. The fourth-order valence-electron chi connectivity index (χ4n) is 1.70. The Bertz CT molecular complexity index is 443. The van der Waals surface area contributed by atoms with E-state index in [9.17, 15) is 4.39 Å². The predicted molar refractivity (Wildman–Crippen MR) is 77.5 cm³/mol. The standard InChI is InChI=1S/C14H21FN4/c1-4-8-17-14(16)18-10-13(19(2)3)11-6-5-7-12(15)9-11/h4-7,9,13H,1,8,10H2,2-3H3,(H3,16,17,18). The van der Waals surface area contributed by atoms with Gasteiger partial charge in [-0.2, -0.15) is 0 Å². The summed E-state index contributed by atoms with van der Waals surface area (Å²) in [6.07, 6.45) is 1.71. The van der Waals surface area contributed by atoms with Crippen molar-refractivity contribution in [2.75, 3.05) is 27.2 Å². The molecule has 19 heavy (non-hydrogen) atoms. The molecule has 0 saturated carbocycles. The Balaban J connectivity index is 2.76. The fraction of sp³-hybridized carbons (Fsp3) is 0.357. The third kappa shape index (κ3) is 5.09. The molecule has 1 rings (SSSR count). The van der Waals surface area contributed by atoms with Gasteiger partial charge in [0.25, 0.3) is 0 Å². The molecule has 0 heterocycles. The molecule has 0 bridgehead atoms. The molecule has 0 fully saturated rings. The van der Waals surface area contributed by atoms with E-state index in [1.165, 1.54) is 12.1 Å². The number of nitrogens with two attached hydrogens (primary N) is 1. The lowest BCUT2D eigenvalue weighted by molar-refractivity contribution is 0.305. The monoisotopic (exact) mass is 264 g/mol. The quantitative estimate of drug-likeness (QED) is 0.465. The highest BCUT2D eigenvalue weighted by molar-refractivity contribution is 5.77. The lowest BCUT2D eigenvalue weighted by Gasteiger charge is -2.23. The van der Waals surface area contributed by atoms with E-state index in [1.807, 2.05) is 25.1 Å². The molecular weight excluding hydrogens is 243 g/mol. The van der Waals surface area contributed by atoms with Gasteiger partial charge in [0.2, 0.25) is 0 Å². The third-order valence-electron chi connectivity index (χ3n) is 2.72. The molecule has 0 aromatic heterocycles. The minimum atomic E-state index is -0.244. The minimum absolute atomic E-state index is 0.0141. The number of halogens is 1. The van der Waals surface area contributed by atoms with Crippen LogP contribution in [-0.2, 0) is 0 Å². The molecule has 1 aromatic rings. The number of nitrogens with zero attached hydrogens (tertiary/aromatic N) is 2. The van der Waals surface area contributed by atoms with Crippen LogP contribution in [0, 0.1) is 5.82 Å². The van der Waals surface area contributed by atoms with Crippen molar-refractivity contribution in [1.29, 1.82) is 0 Å². The smallest absolute Gasteiger partial charge is 0.188 e. The van der Waals surface area contributed by atoms with Crippen LogP contribution in [0.3, 0.4) is 0 Å². The Morgan fingerprint density at radius 2 is 2.32 bits per heavy atom. The molecule has 0 aliphatic rings. The van der Waals surface area contributed by atoms with Gasteiger partial charge in [0, 0.05) is 6.54 Å². The van der Waals surface area contributed by atoms with E-state index in [4.69, 9.17) is 5.73 Å². The van der Waals surface area contributed by atoms with Crippen molar-refractivity contribution in [3.63, 3.8) is 0 Å². The van der Waals surface area contributed by atoms with Crippen molar-refractivity contribution in [2.45, 2.75) is 6.04 Å². The average molecular weight is 264 g/mol. The van der Waals surface area contributed by atoms with Crippen LogP contribution in [0.25, 0.3) is 0 Å². The molecule has 0 saturated heterocycles. The van der Waals surface area contributed by atoms with Gasteiger partial charge < -0.3 is 16.0 Å². The van der Waals surface area contributed by atoms with Crippen molar-refractivity contribution >= 4 is 5.96 Å². The maximum atomic E-state index is 13.3. The molecule has 1 unspecified atom stereocenters. The zero-order valence-electron chi connectivity index (χ0n) is 11.4. The van der Waals surface area contributed by atoms with Crippen molar-refractivity contribution < 1.29 is 4.39 Å². The molecule has 0 spiro atoms. The first kappa shape index (κ1) is 15.2. The van der Waals surface area contributed by atoms with Crippen molar-refractivity contribution in [3.05, 3.63) is 48.3 Å². The molecule has 0 aliphatic heterocycles. The summed E-state index contributed by atoms with van der Waals surface area (Å²) in [5, 5.41) is 2.91. The van der Waals surface area contributed by atoms with Crippen molar-refractivity contribution in [1.82, 2.24) is 10.2 Å². The number of nitrogens with one attached hydrogen (secondary N) is 1. The average Bonchev–Trinajstić information content (AvgIpc) is 2.36. The van der Waals surface area contributed by atoms with Gasteiger partial charge in [0.1, 0.15) is 5.82 Å². The Morgan fingerprint density at radius 1 is 1.58 bits per heavy atom. The van der Waals surface area contributed by atoms with E-state index in [2.05, 4.69) is 16.9 Å². The normalized spacial score (nSPS) is 13.4. The zero-order valence-corrected chi connectivity index (χ0v) is 11.4. The number of hydrogen-bond donors (Lipinski definition) is 2. The Kier molecular flexibility index (Phi) is 6.02. The highest BCUT2D eigenvalue weighted by Crippen LogP contribution is 2.19. The van der Waals surface area contributed by atoms with Gasteiger partial charge in [-0.05, 0) is 31.8 Å². The fourth-order valence-corrected chi connectivity index (χ4v) is 1.70. The number of aliphatic imine (C=N–C) groups is 1. The van der Waals surface area contributed by atoms with Gasteiger partial charge in [-0.25, -0.2) is 4.39 Å². The largest absolute Gasteiger partial charge is 0.370 e. The van der Waals surface area contributed by atoms with E-state index in [-0.39, 0.29) is 11.9 Å². The highest BCUT2D eigenvalue weighted by Gasteiger charge is 2.14. The third-order valence-corrected chi connectivity index (χ3v) is 2.72. The summed E-state index contributed by atoms with van der Waals surface area (Å²) in [4.78, 5) is 6.25. The van der Waals surface area contributed by atoms with Crippen molar-refractivity contribution in [2.24, 2.45) is 10.7 Å². The number of hydrogen-bond acceptors (Lipinski definition) is 2. The van der Waals surface area contributed by atoms with E-state index in [0.717, 1.165) is 5.56 Å². The Labute approximate surface area is 113 Å². The van der Waals surface area contributed by atoms with Gasteiger partial charge in [-0.3, -0.25) is 4.99 Å². The SMILES string of the molecule is C=CCNC(N)=NCC(c1cccc(F)c1)N(C)C. The summed E-state index contributed by atoms with van der Waals surface area (Å²) >= 11 is 0. The molecule has 0 amide bonds. The van der Waals surface area contributed by atoms with Crippen LogP contribution in [0.1, 0.15) is 11.6 Å². The van der Waals surface area contributed by atoms with Gasteiger partial charge in [-0.15, -0.1) is 6.58 Å². The molecule has 3 N–H and O–H groups in total. The second-order valence-electron chi connectivity index (χ2n) is 4.43. The van der Waals surface area contributed by atoms with Crippen molar-refractivity contribution in [3.8, 4) is 0 Å². The minimum Gasteiger partial charge on any atom is -0.370 e. The van der Waals surface area contributed by atoms with Crippen LogP contribution < -0.4 is 11.1 Å². The zero-order chi connectivity index (χ0) is 14.3. The van der Waals surface area contributed by atoms with E-state index < -0.39 is 0 Å². The molecular formula is C14H21FN4. The van der Waals surface area contributed by atoms with E-state index in [1.54, 1.807) is 12.1 Å². The van der Waals surface area contributed by atoms with Crippen LogP contribution >= 0.6 is 0 Å². The van der Waals surface area contributed by atoms with Gasteiger partial charge in [0.15, 0.2) is 5.96 Å². The first-order valence-corrected chi connectivity index (χ1v) is 6.11. The summed E-state index contributed by atoms with van der Waals surface area (Å²) in [5.74, 6) is 0.120. The second kappa shape index (κ2) is 7.53. The molecule has 4 nitrogen and oxygen atoms in total. The second-order valence-corrected chi connectivity index (χ2v) is 4.43. The summed E-state index contributed by atoms with van der Waals surface area (Å²) < 4.78 is 13.3. The lowest BCUT2D eigenvalue weighted by Crippen LogP contribution is -2.33. The highest BCUT2D eigenvalue weighted by atomic mass is 19.1. The number of likely N-dealkylation sites (N-methyl/N-ethyl adjacent to an activating group) is 1.